The molecular weight excluding hydrogens is 241 g/mol. The van der Waals surface area contributed by atoms with Gasteiger partial charge in [0.1, 0.15) is 6.61 Å². The monoisotopic (exact) mass is 267 g/mol. The lowest BCUT2D eigenvalue weighted by atomic mass is 10.00. The highest BCUT2D eigenvalue weighted by Gasteiger charge is 2.16. The fraction of sp³-hybridized carbons (Fsp3) is 0.625. The summed E-state index contributed by atoms with van der Waals surface area (Å²) in [6.45, 7) is 9.73. The van der Waals surface area contributed by atoms with Crippen LogP contribution in [-0.4, -0.2) is 19.2 Å². The predicted molar refractivity (Wildman–Crippen MR) is 78.2 cm³/mol. The number of halogens is 1. The molecule has 0 saturated heterocycles. The van der Waals surface area contributed by atoms with Crippen molar-refractivity contribution in [2.75, 3.05) is 13.2 Å². The van der Waals surface area contributed by atoms with Crippen LogP contribution in [-0.2, 0) is 0 Å². The van der Waals surface area contributed by atoms with Crippen molar-refractivity contribution in [2.45, 2.75) is 46.6 Å². The van der Waals surface area contributed by atoms with Crippen LogP contribution in [0.5, 0.6) is 5.75 Å². The van der Waals surface area contributed by atoms with Gasteiger partial charge in [-0.05, 0) is 37.4 Å². The smallest absolute Gasteiger partial charge is 0.167 e. The Morgan fingerprint density at radius 3 is 2.68 bits per heavy atom. The number of ether oxygens (including phenoxy) is 1. The van der Waals surface area contributed by atoms with Gasteiger partial charge in [-0.3, -0.25) is 0 Å². The van der Waals surface area contributed by atoms with Crippen molar-refractivity contribution in [3.05, 3.63) is 29.6 Å². The van der Waals surface area contributed by atoms with Gasteiger partial charge in [0, 0.05) is 6.04 Å². The third-order valence-electron chi connectivity index (χ3n) is 3.56. The van der Waals surface area contributed by atoms with Crippen LogP contribution in [0, 0.1) is 18.7 Å². The normalized spacial score (nSPS) is 14.2. The third-order valence-corrected chi connectivity index (χ3v) is 3.56. The first-order valence-corrected chi connectivity index (χ1v) is 7.21. The Morgan fingerprint density at radius 1 is 1.32 bits per heavy atom. The van der Waals surface area contributed by atoms with E-state index >= 15 is 0 Å². The highest BCUT2D eigenvalue weighted by Crippen LogP contribution is 2.20. The van der Waals surface area contributed by atoms with Crippen LogP contribution in [0.1, 0.15) is 39.2 Å². The first-order chi connectivity index (χ1) is 9.10. The van der Waals surface area contributed by atoms with E-state index in [0.717, 1.165) is 19.4 Å². The second-order valence-corrected chi connectivity index (χ2v) is 5.14. The molecule has 1 N–H and O–H groups in total. The van der Waals surface area contributed by atoms with E-state index in [1.165, 1.54) is 0 Å². The van der Waals surface area contributed by atoms with Gasteiger partial charge in [-0.25, -0.2) is 4.39 Å². The molecule has 0 spiro atoms. The summed E-state index contributed by atoms with van der Waals surface area (Å²) in [5.74, 6) is 0.618. The molecule has 0 heterocycles. The maximum atomic E-state index is 13.8. The molecule has 19 heavy (non-hydrogen) atoms. The number of hydrogen-bond donors (Lipinski definition) is 1. The first kappa shape index (κ1) is 16.0. The summed E-state index contributed by atoms with van der Waals surface area (Å²) >= 11 is 0. The van der Waals surface area contributed by atoms with Gasteiger partial charge in [-0.2, -0.15) is 0 Å². The molecule has 0 radical (unpaired) electrons. The number of aryl methyl sites for hydroxylation is 1. The minimum Gasteiger partial charge on any atom is -0.489 e. The van der Waals surface area contributed by atoms with Crippen LogP contribution < -0.4 is 10.1 Å². The number of benzene rings is 1. The van der Waals surface area contributed by atoms with Crippen molar-refractivity contribution >= 4 is 0 Å². The second-order valence-electron chi connectivity index (χ2n) is 5.14. The quantitative estimate of drug-likeness (QED) is 0.770. The fourth-order valence-electron chi connectivity index (χ4n) is 1.95. The van der Waals surface area contributed by atoms with Crippen molar-refractivity contribution in [1.82, 2.24) is 5.32 Å². The molecule has 0 bridgehead atoms. The molecule has 3 heteroatoms. The lowest BCUT2D eigenvalue weighted by molar-refractivity contribution is 0.213. The van der Waals surface area contributed by atoms with E-state index < -0.39 is 0 Å². The summed E-state index contributed by atoms with van der Waals surface area (Å²) in [6, 6.07) is 5.54. The molecule has 0 aliphatic carbocycles. The molecule has 108 valence electrons. The summed E-state index contributed by atoms with van der Waals surface area (Å²) in [6.07, 6.45) is 2.17. The summed E-state index contributed by atoms with van der Waals surface area (Å²) < 4.78 is 19.5. The minimum atomic E-state index is -0.249. The molecule has 0 aliphatic heterocycles. The maximum absolute atomic E-state index is 13.8. The van der Waals surface area contributed by atoms with Crippen LogP contribution in [0.15, 0.2) is 18.2 Å². The molecule has 1 rings (SSSR count). The van der Waals surface area contributed by atoms with Crippen LogP contribution in [0.25, 0.3) is 0 Å². The average Bonchev–Trinajstić information content (AvgIpc) is 2.42. The minimum absolute atomic E-state index is 0.249. The second kappa shape index (κ2) is 8.16. The van der Waals surface area contributed by atoms with Gasteiger partial charge in [0.15, 0.2) is 11.6 Å². The predicted octanol–water partition coefficient (Wildman–Crippen LogP) is 3.93. The summed E-state index contributed by atoms with van der Waals surface area (Å²) in [5.41, 5.74) is 0.624. The van der Waals surface area contributed by atoms with Crippen LogP contribution in [0.3, 0.4) is 0 Å². The largest absolute Gasteiger partial charge is 0.489 e. The average molecular weight is 267 g/mol. The van der Waals surface area contributed by atoms with Crippen LogP contribution in [0.2, 0.25) is 0 Å². The molecular formula is C16H26FNO. The number of rotatable bonds is 8. The number of nitrogens with one attached hydrogen (secondary N) is 1. The van der Waals surface area contributed by atoms with Gasteiger partial charge in [0.25, 0.3) is 0 Å². The summed E-state index contributed by atoms with van der Waals surface area (Å²) in [4.78, 5) is 0. The topological polar surface area (TPSA) is 21.3 Å². The lowest BCUT2D eigenvalue weighted by Gasteiger charge is -2.24. The van der Waals surface area contributed by atoms with E-state index in [0.29, 0.717) is 23.8 Å². The molecule has 1 aromatic carbocycles. The Hall–Kier alpha value is -1.09. The van der Waals surface area contributed by atoms with Gasteiger partial charge in [-0.15, -0.1) is 0 Å². The molecule has 0 fully saturated rings. The third kappa shape index (κ3) is 4.83. The molecule has 2 atom stereocenters. The van der Waals surface area contributed by atoms with E-state index in [1.807, 2.05) is 6.07 Å². The summed E-state index contributed by atoms with van der Waals surface area (Å²) in [7, 11) is 0. The Morgan fingerprint density at radius 2 is 2.05 bits per heavy atom. The number of hydrogen-bond acceptors (Lipinski definition) is 2. The first-order valence-electron chi connectivity index (χ1n) is 7.21. The van der Waals surface area contributed by atoms with Gasteiger partial charge < -0.3 is 10.1 Å². The van der Waals surface area contributed by atoms with Crippen molar-refractivity contribution in [3.8, 4) is 5.75 Å². The lowest BCUT2D eigenvalue weighted by Crippen LogP contribution is -2.40. The van der Waals surface area contributed by atoms with E-state index in [1.54, 1.807) is 19.1 Å². The standard InChI is InChI=1S/C16H26FNO/c1-5-10-18-14(12(3)6-2)11-19-15-9-7-8-13(4)16(15)17/h7-9,12,14,18H,5-6,10-11H2,1-4H3. The fourth-order valence-corrected chi connectivity index (χ4v) is 1.95. The van der Waals surface area contributed by atoms with Gasteiger partial charge in [0.05, 0.1) is 0 Å². The van der Waals surface area contributed by atoms with E-state index in [2.05, 4.69) is 26.1 Å². The van der Waals surface area contributed by atoms with Crippen LogP contribution >= 0.6 is 0 Å². The molecule has 0 saturated carbocycles. The molecule has 1 aromatic rings. The van der Waals surface area contributed by atoms with Gasteiger partial charge >= 0.3 is 0 Å². The van der Waals surface area contributed by atoms with Crippen molar-refractivity contribution in [2.24, 2.45) is 5.92 Å². The molecule has 2 nitrogen and oxygen atoms in total. The Bertz CT molecular complexity index is 381. The van der Waals surface area contributed by atoms with Crippen LogP contribution in [0.4, 0.5) is 4.39 Å². The molecule has 0 aromatic heterocycles. The van der Waals surface area contributed by atoms with Crippen molar-refractivity contribution < 1.29 is 9.13 Å². The van der Waals surface area contributed by atoms with Gasteiger partial charge in [-0.1, -0.05) is 39.3 Å². The Kier molecular flexibility index (Phi) is 6.85. The maximum Gasteiger partial charge on any atom is 0.167 e. The SMILES string of the molecule is CCCNC(COc1cccc(C)c1F)C(C)CC. The highest BCUT2D eigenvalue weighted by atomic mass is 19.1. The van der Waals surface area contributed by atoms with E-state index in [-0.39, 0.29) is 11.9 Å². The molecule has 0 amide bonds. The Balaban J connectivity index is 2.62. The zero-order valence-electron chi connectivity index (χ0n) is 12.5. The molecule has 2 unspecified atom stereocenters. The zero-order valence-corrected chi connectivity index (χ0v) is 12.5. The summed E-state index contributed by atoms with van der Waals surface area (Å²) in [5, 5.41) is 3.48. The van der Waals surface area contributed by atoms with E-state index in [9.17, 15) is 4.39 Å². The Labute approximate surface area is 116 Å². The van der Waals surface area contributed by atoms with Gasteiger partial charge in [0.2, 0.25) is 0 Å². The molecule has 0 aliphatic rings. The van der Waals surface area contributed by atoms with E-state index in [4.69, 9.17) is 4.74 Å². The highest BCUT2D eigenvalue weighted by molar-refractivity contribution is 5.30. The van der Waals surface area contributed by atoms with Crippen molar-refractivity contribution in [3.63, 3.8) is 0 Å². The van der Waals surface area contributed by atoms with Crippen molar-refractivity contribution in [1.29, 1.82) is 0 Å². The zero-order chi connectivity index (χ0) is 14.3.